The topological polar surface area (TPSA) is 81.9 Å². The van der Waals surface area contributed by atoms with E-state index in [4.69, 9.17) is 15.2 Å². The van der Waals surface area contributed by atoms with Crippen LogP contribution in [0.25, 0.3) is 0 Å². The maximum absolute atomic E-state index is 13.2. The molecule has 0 aromatic heterocycles. The molecule has 1 aromatic rings. The predicted octanol–water partition coefficient (Wildman–Crippen LogP) is 2.18. The minimum atomic E-state index is -3.63. The molecule has 1 fully saturated rings. The van der Waals surface area contributed by atoms with Crippen molar-refractivity contribution in [3.8, 4) is 11.5 Å². The molecule has 2 N–H and O–H groups in total. The molecular formula is C16H27ClN2O4S. The number of benzene rings is 1. The molecule has 1 aliphatic rings. The average Bonchev–Trinajstić information content (AvgIpc) is 2.53. The van der Waals surface area contributed by atoms with Crippen molar-refractivity contribution in [3.63, 3.8) is 0 Å². The van der Waals surface area contributed by atoms with E-state index in [9.17, 15) is 8.42 Å². The standard InChI is InChI=1S/C16H26N2O4S.ClH/c1-11-6-5-7-18(13(11)10-17)23(19,20)16-9-15(22-4)14(21-3)8-12(16)2;/h8-9,11,13H,5-7,10,17H2,1-4H3;1H. The molecule has 0 saturated carbocycles. The summed E-state index contributed by atoms with van der Waals surface area (Å²) in [7, 11) is -0.601. The highest BCUT2D eigenvalue weighted by atomic mass is 35.5. The molecule has 0 bridgehead atoms. The minimum Gasteiger partial charge on any atom is -0.493 e. The Labute approximate surface area is 150 Å². The zero-order valence-corrected chi connectivity index (χ0v) is 16.2. The van der Waals surface area contributed by atoms with E-state index in [2.05, 4.69) is 6.92 Å². The van der Waals surface area contributed by atoms with Gasteiger partial charge in [-0.2, -0.15) is 4.31 Å². The number of hydrogen-bond acceptors (Lipinski definition) is 5. The summed E-state index contributed by atoms with van der Waals surface area (Å²) in [6.07, 6.45) is 1.85. The number of nitrogens with zero attached hydrogens (tertiary/aromatic N) is 1. The molecule has 8 heteroatoms. The highest BCUT2D eigenvalue weighted by Crippen LogP contribution is 2.36. The summed E-state index contributed by atoms with van der Waals surface area (Å²) >= 11 is 0. The van der Waals surface area contributed by atoms with Crippen LogP contribution in [0.2, 0.25) is 0 Å². The van der Waals surface area contributed by atoms with Crippen molar-refractivity contribution in [2.24, 2.45) is 11.7 Å². The van der Waals surface area contributed by atoms with E-state index >= 15 is 0 Å². The number of aryl methyl sites for hydroxylation is 1. The lowest BCUT2D eigenvalue weighted by Gasteiger charge is -2.38. The van der Waals surface area contributed by atoms with E-state index in [1.807, 2.05) is 0 Å². The molecule has 6 nitrogen and oxygen atoms in total. The van der Waals surface area contributed by atoms with E-state index in [-0.39, 0.29) is 29.3 Å². The summed E-state index contributed by atoms with van der Waals surface area (Å²) in [5.41, 5.74) is 6.48. The molecule has 1 saturated heterocycles. The molecule has 0 spiro atoms. The van der Waals surface area contributed by atoms with Gasteiger partial charge in [0.05, 0.1) is 19.1 Å². The monoisotopic (exact) mass is 378 g/mol. The molecule has 138 valence electrons. The highest BCUT2D eigenvalue weighted by Gasteiger charge is 2.37. The third-order valence-corrected chi connectivity index (χ3v) is 6.64. The van der Waals surface area contributed by atoms with Crippen molar-refractivity contribution in [1.29, 1.82) is 0 Å². The Bertz CT molecular complexity index is 666. The van der Waals surface area contributed by atoms with Crippen LogP contribution in [0.3, 0.4) is 0 Å². The SMILES string of the molecule is COc1cc(C)c(S(=O)(=O)N2CCCC(C)C2CN)cc1OC.Cl. The van der Waals surface area contributed by atoms with Gasteiger partial charge in [-0.15, -0.1) is 12.4 Å². The Hall–Kier alpha value is -1.02. The van der Waals surface area contributed by atoms with Gasteiger partial charge in [-0.3, -0.25) is 0 Å². The number of sulfonamides is 1. The van der Waals surface area contributed by atoms with E-state index in [1.54, 1.807) is 17.3 Å². The second-order valence-corrected chi connectivity index (χ2v) is 7.87. The Morgan fingerprint density at radius 1 is 1.25 bits per heavy atom. The molecule has 2 atom stereocenters. The fourth-order valence-electron chi connectivity index (χ4n) is 3.23. The van der Waals surface area contributed by atoms with Crippen LogP contribution in [0, 0.1) is 12.8 Å². The summed E-state index contributed by atoms with van der Waals surface area (Å²) in [5, 5.41) is 0. The number of nitrogens with two attached hydrogens (primary N) is 1. The summed E-state index contributed by atoms with van der Waals surface area (Å²) in [6, 6.07) is 3.06. The number of ether oxygens (including phenoxy) is 2. The molecule has 1 aliphatic heterocycles. The van der Waals surface area contributed by atoms with Gasteiger partial charge in [0, 0.05) is 25.2 Å². The van der Waals surface area contributed by atoms with Gasteiger partial charge in [-0.25, -0.2) is 8.42 Å². The first-order chi connectivity index (χ1) is 10.9. The predicted molar refractivity (Wildman–Crippen MR) is 96.7 cm³/mol. The van der Waals surface area contributed by atoms with Gasteiger partial charge in [0.2, 0.25) is 10.0 Å². The molecular weight excluding hydrogens is 352 g/mol. The van der Waals surface area contributed by atoms with E-state index < -0.39 is 10.0 Å². The molecule has 24 heavy (non-hydrogen) atoms. The molecule has 0 aliphatic carbocycles. The van der Waals surface area contributed by atoms with Crippen LogP contribution in [0.1, 0.15) is 25.3 Å². The molecule has 2 unspecified atom stereocenters. The Morgan fingerprint density at radius 3 is 2.38 bits per heavy atom. The van der Waals surface area contributed by atoms with Gasteiger partial charge >= 0.3 is 0 Å². The number of rotatable bonds is 5. The Kier molecular flexibility index (Phi) is 7.34. The smallest absolute Gasteiger partial charge is 0.243 e. The first kappa shape index (κ1) is 21.0. The van der Waals surface area contributed by atoms with E-state index in [1.165, 1.54) is 20.3 Å². The number of hydrogen-bond donors (Lipinski definition) is 1. The summed E-state index contributed by atoms with van der Waals surface area (Å²) in [4.78, 5) is 0.252. The van der Waals surface area contributed by atoms with E-state index in [0.29, 0.717) is 30.2 Å². The van der Waals surface area contributed by atoms with Gasteiger partial charge in [0.25, 0.3) is 0 Å². The fraction of sp³-hybridized carbons (Fsp3) is 0.625. The third kappa shape index (κ3) is 3.79. The van der Waals surface area contributed by atoms with Crippen LogP contribution in [-0.2, 0) is 10.0 Å². The molecule has 0 radical (unpaired) electrons. The van der Waals surface area contributed by atoms with Gasteiger partial charge < -0.3 is 15.2 Å². The summed E-state index contributed by atoms with van der Waals surface area (Å²) in [6.45, 7) is 4.65. The van der Waals surface area contributed by atoms with E-state index in [0.717, 1.165) is 12.8 Å². The zero-order chi connectivity index (χ0) is 17.2. The summed E-state index contributed by atoms with van der Waals surface area (Å²) in [5.74, 6) is 1.18. The van der Waals surface area contributed by atoms with Gasteiger partial charge in [-0.05, 0) is 37.3 Å². The second kappa shape index (κ2) is 8.38. The Morgan fingerprint density at radius 2 is 1.83 bits per heavy atom. The van der Waals surface area contributed by atoms with Crippen molar-refractivity contribution < 1.29 is 17.9 Å². The number of methoxy groups -OCH3 is 2. The lowest BCUT2D eigenvalue weighted by molar-refractivity contribution is 0.192. The first-order valence-corrected chi connectivity index (χ1v) is 9.25. The third-order valence-electron chi connectivity index (χ3n) is 4.57. The zero-order valence-electron chi connectivity index (χ0n) is 14.6. The largest absolute Gasteiger partial charge is 0.493 e. The first-order valence-electron chi connectivity index (χ1n) is 7.81. The Balaban J connectivity index is 0.00000288. The van der Waals surface area contributed by atoms with Crippen LogP contribution < -0.4 is 15.2 Å². The van der Waals surface area contributed by atoms with Crippen LogP contribution >= 0.6 is 12.4 Å². The molecule has 1 heterocycles. The second-order valence-electron chi connectivity index (χ2n) is 6.01. The van der Waals surface area contributed by atoms with Crippen LogP contribution in [-0.4, -0.2) is 46.1 Å². The quantitative estimate of drug-likeness (QED) is 0.849. The van der Waals surface area contributed by atoms with Gasteiger partial charge in [-0.1, -0.05) is 6.92 Å². The molecule has 0 amide bonds. The van der Waals surface area contributed by atoms with Crippen molar-refractivity contribution >= 4 is 22.4 Å². The number of piperidine rings is 1. The lowest BCUT2D eigenvalue weighted by atomic mass is 9.93. The highest BCUT2D eigenvalue weighted by molar-refractivity contribution is 7.89. The van der Waals surface area contributed by atoms with Crippen LogP contribution in [0.15, 0.2) is 17.0 Å². The van der Waals surface area contributed by atoms with Gasteiger partial charge in [0.1, 0.15) is 0 Å². The van der Waals surface area contributed by atoms with Crippen LogP contribution in [0.4, 0.5) is 0 Å². The fourth-order valence-corrected chi connectivity index (χ4v) is 5.22. The summed E-state index contributed by atoms with van der Waals surface area (Å²) < 4.78 is 38.4. The number of halogens is 1. The maximum Gasteiger partial charge on any atom is 0.243 e. The van der Waals surface area contributed by atoms with Crippen molar-refractivity contribution in [1.82, 2.24) is 4.31 Å². The maximum atomic E-state index is 13.2. The molecule has 2 rings (SSSR count). The average molecular weight is 379 g/mol. The lowest BCUT2D eigenvalue weighted by Crippen LogP contribution is -2.51. The van der Waals surface area contributed by atoms with Crippen LogP contribution in [0.5, 0.6) is 11.5 Å². The van der Waals surface area contributed by atoms with Crippen molar-refractivity contribution in [3.05, 3.63) is 17.7 Å². The minimum absolute atomic E-state index is 0. The van der Waals surface area contributed by atoms with Gasteiger partial charge in [0.15, 0.2) is 11.5 Å². The van der Waals surface area contributed by atoms with Crippen molar-refractivity contribution in [2.45, 2.75) is 37.6 Å². The molecule has 1 aromatic carbocycles. The van der Waals surface area contributed by atoms with Crippen molar-refractivity contribution in [2.75, 3.05) is 27.3 Å². The normalized spacial score (nSPS) is 21.9.